The van der Waals surface area contributed by atoms with Gasteiger partial charge in [0.1, 0.15) is 17.6 Å². The lowest BCUT2D eigenvalue weighted by Gasteiger charge is -2.45. The number of hydrogen-bond donors (Lipinski definition) is 0. The largest absolute Gasteiger partial charge is 0.436 e. The molecule has 8 nitrogen and oxygen atoms in total. The highest BCUT2D eigenvalue weighted by Crippen LogP contribution is 2.37. The number of hydrogen-bond acceptors (Lipinski definition) is 6. The second kappa shape index (κ2) is 7.54. The lowest BCUT2D eigenvalue weighted by atomic mass is 10.0. The first-order chi connectivity index (χ1) is 15.7. The van der Waals surface area contributed by atoms with Crippen molar-refractivity contribution in [3.8, 4) is 11.5 Å². The Bertz CT molecular complexity index is 1260. The molecule has 1 fully saturated rings. The van der Waals surface area contributed by atoms with Gasteiger partial charge in [-0.1, -0.05) is 0 Å². The van der Waals surface area contributed by atoms with Gasteiger partial charge in [-0.3, -0.25) is 4.79 Å². The predicted octanol–water partition coefficient (Wildman–Crippen LogP) is 2.94. The van der Waals surface area contributed by atoms with Gasteiger partial charge >= 0.3 is 6.18 Å². The summed E-state index contributed by atoms with van der Waals surface area (Å²) in [5.41, 5.74) is -1.94. The number of aryl methyl sites for hydroxylation is 1. The lowest BCUT2D eigenvalue weighted by molar-refractivity contribution is -0.143. The highest BCUT2D eigenvalue weighted by atomic mass is 19.4. The zero-order valence-corrected chi connectivity index (χ0v) is 17.0. The highest BCUT2D eigenvalue weighted by Gasteiger charge is 2.45. The number of fused-ring (bicyclic) bond motifs is 4. The summed E-state index contributed by atoms with van der Waals surface area (Å²) in [6.07, 6.45) is -4.30. The molecule has 13 heteroatoms. The third-order valence-corrected chi connectivity index (χ3v) is 5.66. The average Bonchev–Trinajstić information content (AvgIpc) is 3.17. The number of rotatable bonds is 2. The molecule has 33 heavy (non-hydrogen) atoms. The maximum absolute atomic E-state index is 14.6. The van der Waals surface area contributed by atoms with Gasteiger partial charge in [0.25, 0.3) is 5.91 Å². The number of amides is 1. The number of ether oxygens (including phenoxy) is 1. The summed E-state index contributed by atoms with van der Waals surface area (Å²) in [5, 5.41) is 8.26. The molecule has 1 saturated heterocycles. The standard InChI is InChI=1S/C20H15F5N6O2/c1-9-12(21)2-3-13(27-9)17-28-29-18-14-8-33-7-10(6-30(17)18)31(14)19(32)11-4-5-26-16(15(11)22)20(23,24)25/h2-5,10,14H,6-8H2,1H3/t10-,14-/m1/s1. The van der Waals surface area contributed by atoms with Gasteiger partial charge in [-0.15, -0.1) is 10.2 Å². The van der Waals surface area contributed by atoms with Crippen LogP contribution in [0.4, 0.5) is 22.0 Å². The Morgan fingerprint density at radius 1 is 1.15 bits per heavy atom. The van der Waals surface area contributed by atoms with Gasteiger partial charge in [0.2, 0.25) is 0 Å². The topological polar surface area (TPSA) is 86.0 Å². The summed E-state index contributed by atoms with van der Waals surface area (Å²) in [6.45, 7) is 1.72. The third-order valence-electron chi connectivity index (χ3n) is 5.66. The molecular formula is C20H15F5N6O2. The van der Waals surface area contributed by atoms with Crippen LogP contribution in [0, 0.1) is 18.6 Å². The minimum atomic E-state index is -5.05. The number of morpholine rings is 1. The lowest BCUT2D eigenvalue weighted by Crippen LogP contribution is -2.56. The summed E-state index contributed by atoms with van der Waals surface area (Å²) in [6, 6.07) is 2.19. The fourth-order valence-corrected chi connectivity index (χ4v) is 4.13. The number of pyridine rings is 2. The molecular weight excluding hydrogens is 451 g/mol. The molecule has 2 bridgehead atoms. The second-order valence-corrected chi connectivity index (χ2v) is 7.69. The first-order valence-electron chi connectivity index (χ1n) is 9.85. The molecule has 0 aliphatic carbocycles. The minimum Gasteiger partial charge on any atom is -0.377 e. The van der Waals surface area contributed by atoms with Gasteiger partial charge in [0.05, 0.1) is 30.5 Å². The molecule has 2 aliphatic rings. The second-order valence-electron chi connectivity index (χ2n) is 7.69. The minimum absolute atomic E-state index is 0.00488. The van der Waals surface area contributed by atoms with Crippen LogP contribution in [-0.4, -0.2) is 54.8 Å². The van der Waals surface area contributed by atoms with E-state index in [4.69, 9.17) is 4.74 Å². The van der Waals surface area contributed by atoms with Crippen molar-refractivity contribution in [1.82, 2.24) is 29.6 Å². The first-order valence-corrected chi connectivity index (χ1v) is 9.85. The van der Waals surface area contributed by atoms with Gasteiger partial charge in [0, 0.05) is 12.7 Å². The fraction of sp³-hybridized carbons (Fsp3) is 0.350. The zero-order valence-electron chi connectivity index (χ0n) is 17.0. The molecule has 3 aromatic rings. The van der Waals surface area contributed by atoms with E-state index in [2.05, 4.69) is 20.2 Å². The molecule has 5 rings (SSSR count). The van der Waals surface area contributed by atoms with E-state index >= 15 is 0 Å². The molecule has 2 aliphatic heterocycles. The Morgan fingerprint density at radius 2 is 1.94 bits per heavy atom. The molecule has 0 spiro atoms. The summed E-state index contributed by atoms with van der Waals surface area (Å²) in [5.74, 6) is -2.47. The molecule has 1 amide bonds. The van der Waals surface area contributed by atoms with E-state index in [-0.39, 0.29) is 25.5 Å². The van der Waals surface area contributed by atoms with Crippen LogP contribution in [0.3, 0.4) is 0 Å². The molecule has 0 saturated carbocycles. The number of carbonyl (C=O) groups is 1. The maximum atomic E-state index is 14.6. The number of aromatic nitrogens is 5. The SMILES string of the molecule is Cc1nc(-c2nnc3n2C[C@@H]2COC[C@H]3N2C(=O)c2ccnc(C(F)(F)F)c2F)ccc1F. The van der Waals surface area contributed by atoms with E-state index in [1.807, 2.05) is 0 Å². The summed E-state index contributed by atoms with van der Waals surface area (Å²) >= 11 is 0. The number of alkyl halides is 3. The van der Waals surface area contributed by atoms with E-state index in [0.717, 1.165) is 12.3 Å². The Hall–Kier alpha value is -3.48. The van der Waals surface area contributed by atoms with Crippen molar-refractivity contribution in [1.29, 1.82) is 0 Å². The van der Waals surface area contributed by atoms with Gasteiger partial charge in [-0.2, -0.15) is 13.2 Å². The van der Waals surface area contributed by atoms with E-state index in [9.17, 15) is 26.7 Å². The van der Waals surface area contributed by atoms with Crippen molar-refractivity contribution in [2.45, 2.75) is 31.7 Å². The molecule has 5 heterocycles. The van der Waals surface area contributed by atoms with Crippen molar-refractivity contribution >= 4 is 5.91 Å². The van der Waals surface area contributed by atoms with E-state index in [1.165, 1.54) is 24.0 Å². The Balaban J connectivity index is 1.54. The van der Waals surface area contributed by atoms with Crippen LogP contribution >= 0.6 is 0 Å². The van der Waals surface area contributed by atoms with Crippen LogP contribution in [0.15, 0.2) is 24.4 Å². The quantitative estimate of drug-likeness (QED) is 0.540. The number of nitrogens with zero attached hydrogens (tertiary/aromatic N) is 6. The Morgan fingerprint density at radius 3 is 2.67 bits per heavy atom. The Labute approximate surface area is 183 Å². The molecule has 0 unspecified atom stereocenters. The molecule has 0 N–H and O–H groups in total. The highest BCUT2D eigenvalue weighted by molar-refractivity contribution is 5.95. The number of halogens is 5. The van der Waals surface area contributed by atoms with Crippen LogP contribution in [0.5, 0.6) is 0 Å². The first kappa shape index (κ1) is 21.4. The fourth-order valence-electron chi connectivity index (χ4n) is 4.13. The molecule has 172 valence electrons. The molecule has 0 aromatic carbocycles. The zero-order chi connectivity index (χ0) is 23.5. The van der Waals surface area contributed by atoms with Crippen LogP contribution in [0.1, 0.15) is 33.6 Å². The maximum Gasteiger partial charge on any atom is 0.436 e. The molecule has 2 atom stereocenters. The van der Waals surface area contributed by atoms with Crippen molar-refractivity contribution in [2.24, 2.45) is 0 Å². The van der Waals surface area contributed by atoms with Gasteiger partial charge in [-0.25, -0.2) is 18.7 Å². The van der Waals surface area contributed by atoms with Crippen LogP contribution < -0.4 is 0 Å². The van der Waals surface area contributed by atoms with E-state index < -0.39 is 47.1 Å². The normalized spacial score (nSPS) is 20.0. The number of carbonyl (C=O) groups excluding carboxylic acids is 1. The molecule has 0 radical (unpaired) electrons. The molecule has 3 aromatic heterocycles. The average molecular weight is 466 g/mol. The van der Waals surface area contributed by atoms with Crippen molar-refractivity contribution < 1.29 is 31.5 Å². The smallest absolute Gasteiger partial charge is 0.377 e. The summed E-state index contributed by atoms with van der Waals surface area (Å²) < 4.78 is 74.7. The Kier molecular flexibility index (Phi) is 4.88. The van der Waals surface area contributed by atoms with Crippen LogP contribution in [0.2, 0.25) is 0 Å². The van der Waals surface area contributed by atoms with Crippen LogP contribution in [0.25, 0.3) is 11.5 Å². The third kappa shape index (κ3) is 3.43. The predicted molar refractivity (Wildman–Crippen MR) is 101 cm³/mol. The summed E-state index contributed by atoms with van der Waals surface area (Å²) in [7, 11) is 0. The van der Waals surface area contributed by atoms with Gasteiger partial charge in [0.15, 0.2) is 23.2 Å². The van der Waals surface area contributed by atoms with Crippen molar-refractivity contribution in [3.05, 3.63) is 58.8 Å². The van der Waals surface area contributed by atoms with Gasteiger partial charge < -0.3 is 14.2 Å². The van der Waals surface area contributed by atoms with Crippen molar-refractivity contribution in [2.75, 3.05) is 13.2 Å². The van der Waals surface area contributed by atoms with E-state index in [1.54, 1.807) is 4.57 Å². The van der Waals surface area contributed by atoms with Crippen LogP contribution in [-0.2, 0) is 17.5 Å². The van der Waals surface area contributed by atoms with E-state index in [0.29, 0.717) is 17.3 Å². The summed E-state index contributed by atoms with van der Waals surface area (Å²) in [4.78, 5) is 21.7. The monoisotopic (exact) mass is 466 g/mol. The van der Waals surface area contributed by atoms with Gasteiger partial charge in [-0.05, 0) is 25.1 Å². The van der Waals surface area contributed by atoms with Crippen molar-refractivity contribution in [3.63, 3.8) is 0 Å².